The summed E-state index contributed by atoms with van der Waals surface area (Å²) >= 11 is 0. The molecule has 106 valence electrons. The third-order valence-corrected chi connectivity index (χ3v) is 2.72. The average molecular weight is 287 g/mol. The summed E-state index contributed by atoms with van der Waals surface area (Å²) in [6, 6.07) is 6.89. The number of benzene rings is 1. The first-order chi connectivity index (χ1) is 9.90. The van der Waals surface area contributed by atoms with Crippen molar-refractivity contribution < 1.29 is 14.1 Å². The third-order valence-electron chi connectivity index (χ3n) is 2.72. The lowest BCUT2D eigenvalue weighted by Crippen LogP contribution is -1.97. The first-order valence-corrected chi connectivity index (χ1v) is 5.92. The van der Waals surface area contributed by atoms with Crippen LogP contribution in [0.1, 0.15) is 16.8 Å². The number of aromatic nitrogens is 1. The summed E-state index contributed by atoms with van der Waals surface area (Å²) in [5.41, 5.74) is 0.818. The highest BCUT2D eigenvalue weighted by Crippen LogP contribution is 2.30. The molecule has 0 atom stereocenters. The van der Waals surface area contributed by atoms with Crippen molar-refractivity contribution >= 4 is 5.69 Å². The van der Waals surface area contributed by atoms with Crippen molar-refractivity contribution in [2.24, 2.45) is 0 Å². The second-order valence-electron chi connectivity index (χ2n) is 4.38. The van der Waals surface area contributed by atoms with Crippen LogP contribution in [-0.2, 0) is 0 Å². The lowest BCUT2D eigenvalue weighted by Gasteiger charge is -2.08. The zero-order chi connectivity index (χ0) is 15.6. The van der Waals surface area contributed by atoms with E-state index in [0.717, 1.165) is 6.07 Å². The first kappa shape index (κ1) is 14.4. The summed E-state index contributed by atoms with van der Waals surface area (Å²) in [5, 5.41) is 19.6. The molecule has 0 amide bonds. The van der Waals surface area contributed by atoms with Gasteiger partial charge >= 0.3 is 0 Å². The second kappa shape index (κ2) is 5.54. The van der Waals surface area contributed by atoms with Crippen LogP contribution < -0.4 is 4.74 Å². The van der Waals surface area contributed by atoms with Crippen molar-refractivity contribution in [3.8, 4) is 17.7 Å². The summed E-state index contributed by atoms with van der Waals surface area (Å²) in [5.74, 6) is -0.993. The molecule has 0 unspecified atom stereocenters. The SMILES string of the molecule is Cc1cc(C#N)cc(Oc2cc(C)c([N+](=O)[O-])cc2F)n1. The molecule has 0 aliphatic carbocycles. The summed E-state index contributed by atoms with van der Waals surface area (Å²) in [7, 11) is 0. The highest BCUT2D eigenvalue weighted by molar-refractivity contribution is 5.46. The molecule has 0 bridgehead atoms. The van der Waals surface area contributed by atoms with E-state index in [-0.39, 0.29) is 22.9 Å². The van der Waals surface area contributed by atoms with Crippen LogP contribution in [-0.4, -0.2) is 9.91 Å². The monoisotopic (exact) mass is 287 g/mol. The molecule has 2 aromatic rings. The van der Waals surface area contributed by atoms with E-state index >= 15 is 0 Å². The third kappa shape index (κ3) is 3.12. The Bertz CT molecular complexity index is 769. The Morgan fingerprint density at radius 3 is 2.67 bits per heavy atom. The van der Waals surface area contributed by atoms with Gasteiger partial charge in [0.2, 0.25) is 5.88 Å². The maximum absolute atomic E-state index is 13.8. The molecule has 1 heterocycles. The number of halogens is 1. The second-order valence-corrected chi connectivity index (χ2v) is 4.38. The van der Waals surface area contributed by atoms with Crippen molar-refractivity contribution in [2.45, 2.75) is 13.8 Å². The molecular formula is C14H10FN3O3. The molecule has 0 saturated carbocycles. The van der Waals surface area contributed by atoms with Crippen LogP contribution in [0.2, 0.25) is 0 Å². The number of rotatable bonds is 3. The molecule has 1 aromatic carbocycles. The van der Waals surface area contributed by atoms with Crippen LogP contribution >= 0.6 is 0 Å². The normalized spacial score (nSPS) is 10.0. The van der Waals surface area contributed by atoms with Gasteiger partial charge in [0.05, 0.1) is 22.6 Å². The van der Waals surface area contributed by atoms with Crippen LogP contribution in [0.4, 0.5) is 10.1 Å². The average Bonchev–Trinajstić information content (AvgIpc) is 2.41. The fourth-order valence-electron chi connectivity index (χ4n) is 1.79. The fourth-order valence-corrected chi connectivity index (χ4v) is 1.79. The molecule has 2 rings (SSSR count). The van der Waals surface area contributed by atoms with Crippen molar-refractivity contribution in [2.75, 3.05) is 0 Å². The van der Waals surface area contributed by atoms with Gasteiger partial charge in [0.1, 0.15) is 0 Å². The van der Waals surface area contributed by atoms with Crippen molar-refractivity contribution in [1.82, 2.24) is 4.98 Å². The van der Waals surface area contributed by atoms with Gasteiger partial charge in [-0.05, 0) is 26.0 Å². The first-order valence-electron chi connectivity index (χ1n) is 5.92. The standard InChI is InChI=1S/C14H10FN3O3/c1-8-3-13(11(15)6-12(8)18(19)20)21-14-5-10(7-16)4-9(2)17-14/h3-6H,1-2H3. The van der Waals surface area contributed by atoms with Crippen LogP contribution in [0.25, 0.3) is 0 Å². The van der Waals surface area contributed by atoms with Gasteiger partial charge in [-0.2, -0.15) is 5.26 Å². The predicted octanol–water partition coefficient (Wildman–Crippen LogP) is 3.41. The molecular weight excluding hydrogens is 277 g/mol. The largest absolute Gasteiger partial charge is 0.436 e. The molecule has 6 nitrogen and oxygen atoms in total. The van der Waals surface area contributed by atoms with Gasteiger partial charge < -0.3 is 4.74 Å². The summed E-state index contributed by atoms with van der Waals surface area (Å²) in [6.45, 7) is 3.15. The maximum Gasteiger partial charge on any atom is 0.275 e. The van der Waals surface area contributed by atoms with Crippen LogP contribution in [0.5, 0.6) is 11.6 Å². The summed E-state index contributed by atoms with van der Waals surface area (Å²) in [6.07, 6.45) is 0. The Morgan fingerprint density at radius 2 is 2.05 bits per heavy atom. The minimum absolute atomic E-state index is 0.0544. The van der Waals surface area contributed by atoms with Crippen molar-refractivity contribution in [3.05, 3.63) is 57.0 Å². The Kier molecular flexibility index (Phi) is 3.80. The van der Waals surface area contributed by atoms with E-state index in [9.17, 15) is 14.5 Å². The number of hydrogen-bond acceptors (Lipinski definition) is 5. The topological polar surface area (TPSA) is 89.0 Å². The zero-order valence-electron chi connectivity index (χ0n) is 11.3. The number of ether oxygens (including phenoxy) is 1. The van der Waals surface area contributed by atoms with Crippen molar-refractivity contribution in [3.63, 3.8) is 0 Å². The highest BCUT2D eigenvalue weighted by Gasteiger charge is 2.17. The highest BCUT2D eigenvalue weighted by atomic mass is 19.1. The minimum atomic E-state index is -0.867. The Balaban J connectivity index is 2.41. The number of aryl methyl sites for hydroxylation is 2. The smallest absolute Gasteiger partial charge is 0.275 e. The van der Waals surface area contributed by atoms with Crippen LogP contribution in [0.3, 0.4) is 0 Å². The van der Waals surface area contributed by atoms with Crippen molar-refractivity contribution in [1.29, 1.82) is 5.26 Å². The van der Waals surface area contributed by atoms with Gasteiger partial charge in [-0.3, -0.25) is 10.1 Å². The molecule has 0 N–H and O–H groups in total. The molecule has 0 spiro atoms. The predicted molar refractivity (Wildman–Crippen MR) is 71.6 cm³/mol. The lowest BCUT2D eigenvalue weighted by molar-refractivity contribution is -0.385. The number of nitro benzene ring substituents is 1. The number of pyridine rings is 1. The number of nitriles is 1. The maximum atomic E-state index is 13.8. The van der Waals surface area contributed by atoms with E-state index in [1.807, 2.05) is 6.07 Å². The molecule has 1 aromatic heterocycles. The molecule has 0 saturated heterocycles. The summed E-state index contributed by atoms with van der Waals surface area (Å²) < 4.78 is 19.1. The number of nitrogens with zero attached hydrogens (tertiary/aromatic N) is 3. The van der Waals surface area contributed by atoms with Gasteiger partial charge in [0.25, 0.3) is 5.69 Å². The minimum Gasteiger partial charge on any atom is -0.436 e. The quantitative estimate of drug-likeness (QED) is 0.637. The number of nitro groups is 1. The molecule has 0 aliphatic heterocycles. The van der Waals surface area contributed by atoms with Gasteiger partial charge in [-0.1, -0.05) is 0 Å². The molecule has 0 aliphatic rings. The van der Waals surface area contributed by atoms with Gasteiger partial charge in [-0.15, -0.1) is 0 Å². The molecule has 0 fully saturated rings. The molecule has 0 radical (unpaired) electrons. The Labute approximate surface area is 119 Å². The van der Waals surface area contributed by atoms with E-state index in [0.29, 0.717) is 11.3 Å². The van der Waals surface area contributed by atoms with Gasteiger partial charge in [0, 0.05) is 17.3 Å². The Hall–Kier alpha value is -3.01. The van der Waals surface area contributed by atoms with Crippen LogP contribution in [0.15, 0.2) is 24.3 Å². The van der Waals surface area contributed by atoms with Gasteiger partial charge in [0.15, 0.2) is 11.6 Å². The van der Waals surface area contributed by atoms with E-state index in [2.05, 4.69) is 4.98 Å². The molecule has 7 heteroatoms. The number of hydrogen-bond donors (Lipinski definition) is 0. The zero-order valence-corrected chi connectivity index (χ0v) is 11.3. The van der Waals surface area contributed by atoms with E-state index in [4.69, 9.17) is 10.00 Å². The fraction of sp³-hybridized carbons (Fsp3) is 0.143. The van der Waals surface area contributed by atoms with E-state index in [1.54, 1.807) is 13.0 Å². The van der Waals surface area contributed by atoms with Gasteiger partial charge in [-0.25, -0.2) is 9.37 Å². The summed E-state index contributed by atoms with van der Waals surface area (Å²) in [4.78, 5) is 14.1. The lowest BCUT2D eigenvalue weighted by atomic mass is 10.2. The van der Waals surface area contributed by atoms with E-state index in [1.165, 1.54) is 19.1 Å². The van der Waals surface area contributed by atoms with E-state index < -0.39 is 10.7 Å². The van der Waals surface area contributed by atoms with Crippen LogP contribution in [0, 0.1) is 41.1 Å². The molecule has 21 heavy (non-hydrogen) atoms. The Morgan fingerprint density at radius 1 is 1.33 bits per heavy atom.